The van der Waals surface area contributed by atoms with Gasteiger partial charge in [-0.1, -0.05) is 26.3 Å². The van der Waals surface area contributed by atoms with Gasteiger partial charge in [-0.3, -0.25) is 19.7 Å². The Morgan fingerprint density at radius 2 is 1.88 bits per heavy atom. The van der Waals surface area contributed by atoms with E-state index in [9.17, 15) is 29.6 Å². The van der Waals surface area contributed by atoms with E-state index in [0.717, 1.165) is 6.07 Å². The van der Waals surface area contributed by atoms with Gasteiger partial charge in [0, 0.05) is 17.7 Å². The molecule has 1 rings (SSSR count). The third-order valence-electron chi connectivity index (χ3n) is 3.84. The molecular formula is C16H21N3O6. The number of carboxylic acid groups (broad SMARTS) is 1. The van der Waals surface area contributed by atoms with Crippen molar-refractivity contribution in [3.8, 4) is 0 Å². The SMILES string of the molecule is CC[C@H](C)[C@H](NC(=O)C(C)NC(=O)c1cccc([N+](=O)[O-])c1)C(=O)O. The molecule has 0 aliphatic heterocycles. The molecule has 136 valence electrons. The third-order valence-corrected chi connectivity index (χ3v) is 3.84. The summed E-state index contributed by atoms with van der Waals surface area (Å²) in [7, 11) is 0. The van der Waals surface area contributed by atoms with Gasteiger partial charge in [0.1, 0.15) is 12.1 Å². The van der Waals surface area contributed by atoms with Crippen LogP contribution in [-0.2, 0) is 9.59 Å². The molecule has 0 bridgehead atoms. The lowest BCUT2D eigenvalue weighted by Crippen LogP contribution is -2.52. The van der Waals surface area contributed by atoms with Crippen molar-refractivity contribution >= 4 is 23.5 Å². The number of hydrogen-bond donors (Lipinski definition) is 3. The highest BCUT2D eigenvalue weighted by Crippen LogP contribution is 2.13. The number of rotatable bonds is 8. The van der Waals surface area contributed by atoms with Crippen molar-refractivity contribution in [3.05, 3.63) is 39.9 Å². The summed E-state index contributed by atoms with van der Waals surface area (Å²) >= 11 is 0. The molecule has 0 aliphatic rings. The molecule has 1 aromatic rings. The number of carbonyl (C=O) groups is 3. The van der Waals surface area contributed by atoms with Crippen LogP contribution in [0.25, 0.3) is 0 Å². The second kappa shape index (κ2) is 8.76. The largest absolute Gasteiger partial charge is 0.480 e. The van der Waals surface area contributed by atoms with E-state index in [1.54, 1.807) is 13.8 Å². The van der Waals surface area contributed by atoms with Crippen molar-refractivity contribution < 1.29 is 24.4 Å². The van der Waals surface area contributed by atoms with Gasteiger partial charge in [-0.05, 0) is 18.9 Å². The first-order valence-corrected chi connectivity index (χ1v) is 7.75. The third kappa shape index (κ3) is 5.55. The lowest BCUT2D eigenvalue weighted by Gasteiger charge is -2.22. The zero-order valence-corrected chi connectivity index (χ0v) is 14.2. The summed E-state index contributed by atoms with van der Waals surface area (Å²) in [6, 6.07) is 3.02. The van der Waals surface area contributed by atoms with Crippen molar-refractivity contribution in [1.82, 2.24) is 10.6 Å². The topological polar surface area (TPSA) is 139 Å². The van der Waals surface area contributed by atoms with Crippen LogP contribution in [0.2, 0.25) is 0 Å². The van der Waals surface area contributed by atoms with Crippen molar-refractivity contribution in [2.75, 3.05) is 0 Å². The van der Waals surface area contributed by atoms with E-state index in [1.165, 1.54) is 25.1 Å². The maximum absolute atomic E-state index is 12.1. The molecule has 3 atom stereocenters. The van der Waals surface area contributed by atoms with Crippen LogP contribution in [0.5, 0.6) is 0 Å². The van der Waals surface area contributed by atoms with Crippen LogP contribution in [0.4, 0.5) is 5.69 Å². The predicted octanol–water partition coefficient (Wildman–Crippen LogP) is 1.33. The lowest BCUT2D eigenvalue weighted by molar-refractivity contribution is -0.384. The standard InChI is InChI=1S/C16H21N3O6/c1-4-9(2)13(16(22)23)18-14(20)10(3)17-15(21)11-6-5-7-12(8-11)19(24)25/h5-10,13H,4H2,1-3H3,(H,17,21)(H,18,20)(H,22,23)/t9-,10?,13-/m0/s1. The second-order valence-electron chi connectivity index (χ2n) is 5.71. The highest BCUT2D eigenvalue weighted by Gasteiger charge is 2.28. The Hall–Kier alpha value is -2.97. The first-order valence-electron chi connectivity index (χ1n) is 7.75. The van der Waals surface area contributed by atoms with Gasteiger partial charge in [0.2, 0.25) is 5.91 Å². The minimum Gasteiger partial charge on any atom is -0.480 e. The van der Waals surface area contributed by atoms with E-state index in [-0.39, 0.29) is 17.2 Å². The highest BCUT2D eigenvalue weighted by atomic mass is 16.6. The Morgan fingerprint density at radius 3 is 2.40 bits per heavy atom. The van der Waals surface area contributed by atoms with E-state index in [4.69, 9.17) is 0 Å². The van der Waals surface area contributed by atoms with Crippen LogP contribution in [0.15, 0.2) is 24.3 Å². The molecule has 1 unspecified atom stereocenters. The van der Waals surface area contributed by atoms with Crippen molar-refractivity contribution in [1.29, 1.82) is 0 Å². The number of aliphatic carboxylic acids is 1. The van der Waals surface area contributed by atoms with Crippen LogP contribution >= 0.6 is 0 Å². The molecule has 0 aromatic heterocycles. The number of hydrogen-bond acceptors (Lipinski definition) is 5. The lowest BCUT2D eigenvalue weighted by atomic mass is 9.99. The molecule has 0 spiro atoms. The number of benzene rings is 1. The Bertz CT molecular complexity index is 676. The fourth-order valence-corrected chi connectivity index (χ4v) is 2.07. The normalized spacial score (nSPS) is 14.0. The van der Waals surface area contributed by atoms with Gasteiger partial charge in [-0.25, -0.2) is 4.79 Å². The van der Waals surface area contributed by atoms with Crippen molar-refractivity contribution in [3.63, 3.8) is 0 Å². The summed E-state index contributed by atoms with van der Waals surface area (Å²) in [6.07, 6.45) is 0.561. The second-order valence-corrected chi connectivity index (χ2v) is 5.71. The predicted molar refractivity (Wildman–Crippen MR) is 89.0 cm³/mol. The van der Waals surface area contributed by atoms with Crippen LogP contribution in [0.3, 0.4) is 0 Å². The first kappa shape index (κ1) is 20.1. The quantitative estimate of drug-likeness (QED) is 0.477. The average Bonchev–Trinajstić information content (AvgIpc) is 2.58. The zero-order valence-electron chi connectivity index (χ0n) is 14.2. The molecule has 3 N–H and O–H groups in total. The molecule has 0 heterocycles. The number of nitrogens with zero attached hydrogens (tertiary/aromatic N) is 1. The molecule has 0 saturated heterocycles. The fraction of sp³-hybridized carbons (Fsp3) is 0.438. The number of nitro groups is 1. The number of nitro benzene ring substituents is 1. The smallest absolute Gasteiger partial charge is 0.326 e. The summed E-state index contributed by atoms with van der Waals surface area (Å²) in [5.41, 5.74) is -0.210. The van der Waals surface area contributed by atoms with Crippen molar-refractivity contribution in [2.45, 2.75) is 39.3 Å². The van der Waals surface area contributed by atoms with Gasteiger partial charge in [0.05, 0.1) is 4.92 Å². The molecule has 0 aliphatic carbocycles. The number of non-ortho nitro benzene ring substituents is 1. The van der Waals surface area contributed by atoms with Gasteiger partial charge in [-0.2, -0.15) is 0 Å². The van der Waals surface area contributed by atoms with E-state index in [1.807, 2.05) is 0 Å². The summed E-state index contributed by atoms with van der Waals surface area (Å²) in [5, 5.41) is 24.7. The maximum Gasteiger partial charge on any atom is 0.326 e. The van der Waals surface area contributed by atoms with Crippen LogP contribution in [-0.4, -0.2) is 39.9 Å². The summed E-state index contributed by atoms with van der Waals surface area (Å²) in [4.78, 5) is 45.6. The van der Waals surface area contributed by atoms with E-state index >= 15 is 0 Å². The monoisotopic (exact) mass is 351 g/mol. The van der Waals surface area contributed by atoms with E-state index in [0.29, 0.717) is 6.42 Å². The number of nitrogens with one attached hydrogen (secondary N) is 2. The van der Waals surface area contributed by atoms with Gasteiger partial charge >= 0.3 is 5.97 Å². The molecule has 0 radical (unpaired) electrons. The zero-order chi connectivity index (χ0) is 19.1. The van der Waals surface area contributed by atoms with Crippen LogP contribution < -0.4 is 10.6 Å². The molecule has 0 saturated carbocycles. The Labute approximate surface area is 144 Å². The average molecular weight is 351 g/mol. The molecule has 9 nitrogen and oxygen atoms in total. The Balaban J connectivity index is 2.77. The van der Waals surface area contributed by atoms with Crippen molar-refractivity contribution in [2.24, 2.45) is 5.92 Å². The number of carbonyl (C=O) groups excluding carboxylic acids is 2. The van der Waals surface area contributed by atoms with E-state index < -0.39 is 34.8 Å². The van der Waals surface area contributed by atoms with E-state index in [2.05, 4.69) is 10.6 Å². The number of amides is 2. The molecule has 0 fully saturated rings. The highest BCUT2D eigenvalue weighted by molar-refractivity contribution is 5.98. The van der Waals surface area contributed by atoms with Crippen LogP contribution in [0.1, 0.15) is 37.6 Å². The molecular weight excluding hydrogens is 330 g/mol. The van der Waals surface area contributed by atoms with Gasteiger partial charge in [0.15, 0.2) is 0 Å². The first-order chi connectivity index (χ1) is 11.7. The summed E-state index contributed by atoms with van der Waals surface area (Å²) < 4.78 is 0. The van der Waals surface area contributed by atoms with Gasteiger partial charge in [0.25, 0.3) is 11.6 Å². The molecule has 25 heavy (non-hydrogen) atoms. The van der Waals surface area contributed by atoms with Gasteiger partial charge in [-0.15, -0.1) is 0 Å². The Kier molecular flexibility index (Phi) is 7.04. The minimum atomic E-state index is -1.15. The Morgan fingerprint density at radius 1 is 1.24 bits per heavy atom. The summed E-state index contributed by atoms with van der Waals surface area (Å²) in [5.74, 6) is -2.74. The fourth-order valence-electron chi connectivity index (χ4n) is 2.07. The summed E-state index contributed by atoms with van der Waals surface area (Å²) in [6.45, 7) is 4.91. The maximum atomic E-state index is 12.1. The minimum absolute atomic E-state index is 0.0329. The molecule has 2 amide bonds. The van der Waals surface area contributed by atoms with Crippen LogP contribution in [0, 0.1) is 16.0 Å². The number of carboxylic acids is 1. The van der Waals surface area contributed by atoms with Gasteiger partial charge < -0.3 is 15.7 Å². The molecule has 9 heteroatoms. The molecule has 1 aromatic carbocycles.